The molecule has 1 aliphatic heterocycles. The number of rotatable bonds is 7. The molecule has 160 valence electrons. The van der Waals surface area contributed by atoms with Gasteiger partial charge in [0.15, 0.2) is 6.10 Å². The molecule has 7 nitrogen and oxygen atoms in total. The molecule has 0 aliphatic carbocycles. The summed E-state index contributed by atoms with van der Waals surface area (Å²) in [5, 5.41) is 0. The van der Waals surface area contributed by atoms with Gasteiger partial charge in [-0.25, -0.2) is 4.79 Å². The molecule has 1 heterocycles. The molecule has 0 aromatic heterocycles. The second-order valence-electron chi connectivity index (χ2n) is 7.24. The van der Waals surface area contributed by atoms with Crippen molar-refractivity contribution < 1.29 is 23.8 Å². The van der Waals surface area contributed by atoms with Crippen LogP contribution in [-0.2, 0) is 16.1 Å². The molecule has 7 heteroatoms. The van der Waals surface area contributed by atoms with Gasteiger partial charge in [-0.3, -0.25) is 9.69 Å². The SMILES string of the molecule is COc1cc(OC)cc(C(=O)OC(C)C(=O)N2CCN(Cc3ccccc3)CC2)c1. The smallest absolute Gasteiger partial charge is 0.339 e. The van der Waals surface area contributed by atoms with Crippen LogP contribution in [0.1, 0.15) is 22.8 Å². The third kappa shape index (κ3) is 5.51. The van der Waals surface area contributed by atoms with Gasteiger partial charge >= 0.3 is 5.97 Å². The van der Waals surface area contributed by atoms with Crippen LogP contribution in [0.2, 0.25) is 0 Å². The van der Waals surface area contributed by atoms with E-state index < -0.39 is 12.1 Å². The molecular weight excluding hydrogens is 384 g/mol. The maximum Gasteiger partial charge on any atom is 0.339 e. The maximum absolute atomic E-state index is 12.8. The molecule has 1 amide bonds. The fourth-order valence-electron chi connectivity index (χ4n) is 3.43. The number of hydrogen-bond donors (Lipinski definition) is 0. The molecule has 0 bridgehead atoms. The molecule has 3 rings (SSSR count). The van der Waals surface area contributed by atoms with E-state index in [1.165, 1.54) is 19.8 Å². The predicted octanol–water partition coefficient (Wildman–Crippen LogP) is 2.59. The first kappa shape index (κ1) is 21.6. The zero-order valence-electron chi connectivity index (χ0n) is 17.7. The largest absolute Gasteiger partial charge is 0.497 e. The highest BCUT2D eigenvalue weighted by Crippen LogP contribution is 2.23. The third-order valence-corrected chi connectivity index (χ3v) is 5.15. The molecule has 0 N–H and O–H groups in total. The Morgan fingerprint density at radius 3 is 2.10 bits per heavy atom. The van der Waals surface area contributed by atoms with Crippen LogP contribution in [-0.4, -0.2) is 68.2 Å². The summed E-state index contributed by atoms with van der Waals surface area (Å²) in [4.78, 5) is 29.4. The van der Waals surface area contributed by atoms with Crippen molar-refractivity contribution in [3.8, 4) is 11.5 Å². The number of ether oxygens (including phenoxy) is 3. The third-order valence-electron chi connectivity index (χ3n) is 5.15. The van der Waals surface area contributed by atoms with Gasteiger partial charge in [0, 0.05) is 38.8 Å². The van der Waals surface area contributed by atoms with Crippen molar-refractivity contribution in [2.45, 2.75) is 19.6 Å². The Bertz CT molecular complexity index is 841. The first-order valence-electron chi connectivity index (χ1n) is 9.99. The van der Waals surface area contributed by atoms with Crippen LogP contribution in [0.3, 0.4) is 0 Å². The number of amides is 1. The van der Waals surface area contributed by atoms with E-state index in [9.17, 15) is 9.59 Å². The van der Waals surface area contributed by atoms with Crippen LogP contribution in [0.15, 0.2) is 48.5 Å². The van der Waals surface area contributed by atoms with E-state index in [2.05, 4.69) is 17.0 Å². The number of methoxy groups -OCH3 is 2. The van der Waals surface area contributed by atoms with Crippen molar-refractivity contribution in [3.63, 3.8) is 0 Å². The van der Waals surface area contributed by atoms with E-state index in [-0.39, 0.29) is 11.5 Å². The fourth-order valence-corrected chi connectivity index (χ4v) is 3.43. The van der Waals surface area contributed by atoms with Gasteiger partial charge in [-0.15, -0.1) is 0 Å². The van der Waals surface area contributed by atoms with Crippen LogP contribution in [0.4, 0.5) is 0 Å². The van der Waals surface area contributed by atoms with Gasteiger partial charge in [-0.1, -0.05) is 30.3 Å². The van der Waals surface area contributed by atoms with E-state index in [4.69, 9.17) is 14.2 Å². The minimum Gasteiger partial charge on any atom is -0.497 e. The Morgan fingerprint density at radius 2 is 1.53 bits per heavy atom. The Morgan fingerprint density at radius 1 is 0.933 bits per heavy atom. The minimum atomic E-state index is -0.865. The lowest BCUT2D eigenvalue weighted by Crippen LogP contribution is -2.51. The number of nitrogens with zero attached hydrogens (tertiary/aromatic N) is 2. The van der Waals surface area contributed by atoms with Crippen molar-refractivity contribution in [2.24, 2.45) is 0 Å². The lowest BCUT2D eigenvalue weighted by Gasteiger charge is -2.35. The highest BCUT2D eigenvalue weighted by molar-refractivity contribution is 5.93. The first-order valence-corrected chi connectivity index (χ1v) is 9.99. The van der Waals surface area contributed by atoms with Gasteiger partial charge < -0.3 is 19.1 Å². The van der Waals surface area contributed by atoms with Crippen molar-refractivity contribution in [3.05, 3.63) is 59.7 Å². The second kappa shape index (κ2) is 10.1. The summed E-state index contributed by atoms with van der Waals surface area (Å²) in [7, 11) is 3.01. The van der Waals surface area contributed by atoms with Crippen molar-refractivity contribution >= 4 is 11.9 Å². The molecule has 2 aromatic rings. The van der Waals surface area contributed by atoms with Gasteiger partial charge in [0.05, 0.1) is 19.8 Å². The minimum absolute atomic E-state index is 0.183. The molecule has 1 atom stereocenters. The molecular formula is C23H28N2O5. The molecule has 0 saturated carbocycles. The Balaban J connectivity index is 1.53. The number of esters is 1. The molecule has 0 radical (unpaired) electrons. The van der Waals surface area contributed by atoms with Crippen LogP contribution in [0.25, 0.3) is 0 Å². The van der Waals surface area contributed by atoms with Gasteiger partial charge in [-0.05, 0) is 24.6 Å². The lowest BCUT2D eigenvalue weighted by atomic mass is 10.2. The normalized spacial score (nSPS) is 15.4. The van der Waals surface area contributed by atoms with Gasteiger partial charge in [0.1, 0.15) is 11.5 Å². The van der Waals surface area contributed by atoms with Crippen LogP contribution in [0.5, 0.6) is 11.5 Å². The average molecular weight is 412 g/mol. The average Bonchev–Trinajstić information content (AvgIpc) is 2.79. The van der Waals surface area contributed by atoms with Crippen LogP contribution < -0.4 is 9.47 Å². The Labute approximate surface area is 177 Å². The molecule has 1 saturated heterocycles. The van der Waals surface area contributed by atoms with Gasteiger partial charge in [0.2, 0.25) is 0 Å². The summed E-state index contributed by atoms with van der Waals surface area (Å²) in [6.07, 6.45) is -0.865. The highest BCUT2D eigenvalue weighted by atomic mass is 16.5. The van der Waals surface area contributed by atoms with E-state index in [0.29, 0.717) is 24.6 Å². The summed E-state index contributed by atoms with van der Waals surface area (Å²) >= 11 is 0. The number of benzene rings is 2. The predicted molar refractivity (Wildman–Crippen MR) is 113 cm³/mol. The Hall–Kier alpha value is -3.06. The molecule has 1 unspecified atom stereocenters. The zero-order chi connectivity index (χ0) is 21.5. The molecule has 1 aliphatic rings. The quantitative estimate of drug-likeness (QED) is 0.651. The zero-order valence-corrected chi connectivity index (χ0v) is 17.7. The fraction of sp³-hybridized carbons (Fsp3) is 0.391. The summed E-state index contributed by atoms with van der Waals surface area (Å²) in [6.45, 7) is 5.27. The number of carbonyl (C=O) groups is 2. The highest BCUT2D eigenvalue weighted by Gasteiger charge is 2.27. The second-order valence-corrected chi connectivity index (χ2v) is 7.24. The van der Waals surface area contributed by atoms with Crippen LogP contribution >= 0.6 is 0 Å². The van der Waals surface area contributed by atoms with Crippen molar-refractivity contribution in [1.29, 1.82) is 0 Å². The molecule has 30 heavy (non-hydrogen) atoms. The summed E-state index contributed by atoms with van der Waals surface area (Å²) in [5.41, 5.74) is 1.53. The molecule has 2 aromatic carbocycles. The van der Waals surface area contributed by atoms with Gasteiger partial charge in [-0.2, -0.15) is 0 Å². The summed E-state index contributed by atoms with van der Waals surface area (Å²) in [5.74, 6) is 0.193. The molecule has 1 fully saturated rings. The number of piperazine rings is 1. The van der Waals surface area contributed by atoms with Crippen molar-refractivity contribution in [1.82, 2.24) is 9.80 Å². The Kier molecular flexibility index (Phi) is 7.30. The maximum atomic E-state index is 12.8. The van der Waals surface area contributed by atoms with E-state index >= 15 is 0 Å². The topological polar surface area (TPSA) is 68.3 Å². The lowest BCUT2D eigenvalue weighted by molar-refractivity contribution is -0.141. The van der Waals surface area contributed by atoms with E-state index in [0.717, 1.165) is 19.6 Å². The van der Waals surface area contributed by atoms with Crippen molar-refractivity contribution in [2.75, 3.05) is 40.4 Å². The monoisotopic (exact) mass is 412 g/mol. The number of hydrogen-bond acceptors (Lipinski definition) is 6. The first-order chi connectivity index (χ1) is 14.5. The van der Waals surface area contributed by atoms with Gasteiger partial charge in [0.25, 0.3) is 5.91 Å². The number of carbonyl (C=O) groups excluding carboxylic acids is 2. The standard InChI is InChI=1S/C23H28N2O5/c1-17(30-23(27)19-13-20(28-2)15-21(14-19)29-3)22(26)25-11-9-24(10-12-25)16-18-7-5-4-6-8-18/h4-8,13-15,17H,9-12,16H2,1-3H3. The van der Waals surface area contributed by atoms with E-state index in [1.54, 1.807) is 30.0 Å². The summed E-state index contributed by atoms with van der Waals surface area (Å²) < 4.78 is 15.8. The van der Waals surface area contributed by atoms with E-state index in [1.807, 2.05) is 18.2 Å². The molecule has 0 spiro atoms. The summed E-state index contributed by atoms with van der Waals surface area (Å²) in [6, 6.07) is 15.1. The van der Waals surface area contributed by atoms with Crippen LogP contribution in [0, 0.1) is 0 Å².